The van der Waals surface area contributed by atoms with Crippen LogP contribution in [0.4, 0.5) is 0 Å². The first-order chi connectivity index (χ1) is 10.5. The lowest BCUT2D eigenvalue weighted by molar-refractivity contribution is -0.123. The molecule has 5 heteroatoms. The maximum atomic E-state index is 12.3. The lowest BCUT2D eigenvalue weighted by Gasteiger charge is -2.41. The fourth-order valence-corrected chi connectivity index (χ4v) is 4.27. The van der Waals surface area contributed by atoms with E-state index in [1.165, 1.54) is 25.7 Å². The molecule has 0 saturated carbocycles. The van der Waals surface area contributed by atoms with E-state index in [1.807, 2.05) is 0 Å². The van der Waals surface area contributed by atoms with Crippen molar-refractivity contribution in [1.29, 1.82) is 0 Å². The van der Waals surface area contributed by atoms with Crippen LogP contribution in [0.25, 0.3) is 0 Å². The molecule has 22 heavy (non-hydrogen) atoms. The molecule has 0 radical (unpaired) electrons. The van der Waals surface area contributed by atoms with Crippen LogP contribution in [-0.4, -0.2) is 61.3 Å². The van der Waals surface area contributed by atoms with Gasteiger partial charge in [0, 0.05) is 43.7 Å². The van der Waals surface area contributed by atoms with Gasteiger partial charge in [-0.1, -0.05) is 0 Å². The predicted molar refractivity (Wildman–Crippen MR) is 86.8 cm³/mol. The number of nitrogens with one attached hydrogen (secondary N) is 2. The van der Waals surface area contributed by atoms with Crippen molar-refractivity contribution in [1.82, 2.24) is 15.5 Å². The van der Waals surface area contributed by atoms with Gasteiger partial charge in [0.2, 0.25) is 5.91 Å². The van der Waals surface area contributed by atoms with Gasteiger partial charge in [-0.05, 0) is 45.4 Å². The van der Waals surface area contributed by atoms with Gasteiger partial charge in [-0.15, -0.1) is 0 Å². The maximum Gasteiger partial charge on any atom is 0.220 e. The molecule has 3 rings (SSSR count). The lowest BCUT2D eigenvalue weighted by Crippen LogP contribution is -2.55. The fraction of sp³-hybridized carbons (Fsp3) is 0.941. The van der Waals surface area contributed by atoms with Gasteiger partial charge >= 0.3 is 0 Å². The molecule has 3 heterocycles. The second-order valence-corrected chi connectivity index (χ2v) is 7.87. The first kappa shape index (κ1) is 16.2. The van der Waals surface area contributed by atoms with E-state index >= 15 is 0 Å². The number of rotatable bonds is 5. The van der Waals surface area contributed by atoms with Crippen LogP contribution in [0.3, 0.4) is 0 Å². The van der Waals surface area contributed by atoms with Gasteiger partial charge < -0.3 is 15.4 Å². The van der Waals surface area contributed by atoms with E-state index in [0.717, 1.165) is 32.8 Å². The quantitative estimate of drug-likeness (QED) is 0.799. The Morgan fingerprint density at radius 2 is 1.86 bits per heavy atom. The van der Waals surface area contributed by atoms with Crippen LogP contribution in [0.2, 0.25) is 0 Å². The molecule has 0 aromatic rings. The Labute approximate surface area is 134 Å². The molecule has 0 aliphatic carbocycles. The van der Waals surface area contributed by atoms with Crippen molar-refractivity contribution >= 4 is 5.91 Å². The van der Waals surface area contributed by atoms with Crippen molar-refractivity contribution < 1.29 is 9.53 Å². The van der Waals surface area contributed by atoms with Crippen LogP contribution in [0.15, 0.2) is 0 Å². The zero-order valence-electron chi connectivity index (χ0n) is 14.1. The normalized spacial score (nSPS) is 32.9. The molecule has 3 fully saturated rings. The average Bonchev–Trinajstić information content (AvgIpc) is 2.85. The Kier molecular flexibility index (Phi) is 5.05. The highest BCUT2D eigenvalue weighted by molar-refractivity contribution is 5.76. The first-order valence-electron chi connectivity index (χ1n) is 8.88. The van der Waals surface area contributed by atoms with Gasteiger partial charge in [0.05, 0.1) is 13.2 Å². The third-order valence-corrected chi connectivity index (χ3v) is 5.63. The summed E-state index contributed by atoms with van der Waals surface area (Å²) in [5.41, 5.74) is 0.00654. The van der Waals surface area contributed by atoms with E-state index in [0.29, 0.717) is 24.4 Å². The second kappa shape index (κ2) is 6.85. The van der Waals surface area contributed by atoms with Crippen LogP contribution in [0.1, 0.15) is 46.0 Å². The van der Waals surface area contributed by atoms with Crippen LogP contribution >= 0.6 is 0 Å². The molecule has 1 amide bonds. The molecule has 2 unspecified atom stereocenters. The van der Waals surface area contributed by atoms with Crippen LogP contribution in [0.5, 0.6) is 0 Å². The summed E-state index contributed by atoms with van der Waals surface area (Å²) >= 11 is 0. The number of carbonyl (C=O) groups excluding carboxylic acids is 1. The van der Waals surface area contributed by atoms with E-state index in [4.69, 9.17) is 4.74 Å². The highest BCUT2D eigenvalue weighted by Crippen LogP contribution is 2.32. The highest BCUT2D eigenvalue weighted by atomic mass is 16.5. The molecule has 5 nitrogen and oxygen atoms in total. The molecule has 2 bridgehead atoms. The molecule has 2 N–H and O–H groups in total. The van der Waals surface area contributed by atoms with E-state index < -0.39 is 0 Å². The monoisotopic (exact) mass is 309 g/mol. The Balaban J connectivity index is 1.41. The molecule has 3 aliphatic heterocycles. The minimum atomic E-state index is 0.00654. The fourth-order valence-electron chi connectivity index (χ4n) is 4.27. The molecular formula is C17H31N3O2. The Bertz CT molecular complexity index is 381. The van der Waals surface area contributed by atoms with Gasteiger partial charge in [0.1, 0.15) is 0 Å². The van der Waals surface area contributed by atoms with E-state index in [9.17, 15) is 4.79 Å². The largest absolute Gasteiger partial charge is 0.379 e. The number of hydrogen-bond acceptors (Lipinski definition) is 4. The summed E-state index contributed by atoms with van der Waals surface area (Å²) in [6.45, 7) is 8.67. The third kappa shape index (κ3) is 4.00. The number of carbonyl (C=O) groups is 1. The second-order valence-electron chi connectivity index (χ2n) is 7.87. The molecule has 3 saturated heterocycles. The number of ether oxygens (including phenoxy) is 1. The zero-order chi connectivity index (χ0) is 15.6. The number of fused-ring (bicyclic) bond motifs is 2. The van der Waals surface area contributed by atoms with Crippen molar-refractivity contribution in [3.05, 3.63) is 0 Å². The Hall–Kier alpha value is -0.650. The molecule has 0 aromatic carbocycles. The van der Waals surface area contributed by atoms with E-state index in [1.54, 1.807) is 0 Å². The van der Waals surface area contributed by atoms with E-state index in [2.05, 4.69) is 29.4 Å². The summed E-state index contributed by atoms with van der Waals surface area (Å²) in [7, 11) is 0. The smallest absolute Gasteiger partial charge is 0.220 e. The van der Waals surface area contributed by atoms with Gasteiger partial charge in [-0.25, -0.2) is 0 Å². The summed E-state index contributed by atoms with van der Waals surface area (Å²) < 4.78 is 5.41. The molecule has 3 aliphatic rings. The Morgan fingerprint density at radius 1 is 1.23 bits per heavy atom. The average molecular weight is 309 g/mol. The van der Waals surface area contributed by atoms with Crippen LogP contribution in [-0.2, 0) is 9.53 Å². The SMILES string of the molecule is CC(C)(CNC(=O)CC1CC2CCC(C1)N2)N1CCOCC1. The summed E-state index contributed by atoms with van der Waals surface area (Å²) in [5, 5.41) is 6.82. The van der Waals surface area contributed by atoms with Crippen LogP contribution in [0, 0.1) is 5.92 Å². The summed E-state index contributed by atoms with van der Waals surface area (Å²) in [6.07, 6.45) is 5.65. The third-order valence-electron chi connectivity index (χ3n) is 5.63. The standard InChI is InChI=1S/C17H31N3O2/c1-17(2,20-5-7-22-8-6-20)12-18-16(21)11-13-9-14-3-4-15(10-13)19-14/h13-15,19H,3-12H2,1-2H3,(H,18,21). The summed E-state index contributed by atoms with van der Waals surface area (Å²) in [6, 6.07) is 1.34. The molecular weight excluding hydrogens is 278 g/mol. The van der Waals surface area contributed by atoms with Crippen LogP contribution < -0.4 is 10.6 Å². The zero-order valence-corrected chi connectivity index (χ0v) is 14.1. The van der Waals surface area contributed by atoms with Gasteiger partial charge in [-0.3, -0.25) is 9.69 Å². The number of amides is 1. The minimum Gasteiger partial charge on any atom is -0.379 e. The number of morpholine rings is 1. The van der Waals surface area contributed by atoms with Gasteiger partial charge in [0.25, 0.3) is 0 Å². The van der Waals surface area contributed by atoms with Crippen molar-refractivity contribution in [2.24, 2.45) is 5.92 Å². The number of nitrogens with zero attached hydrogens (tertiary/aromatic N) is 1. The Morgan fingerprint density at radius 3 is 2.50 bits per heavy atom. The first-order valence-corrected chi connectivity index (χ1v) is 8.88. The summed E-state index contributed by atoms with van der Waals surface area (Å²) in [5.74, 6) is 0.804. The van der Waals surface area contributed by atoms with Crippen molar-refractivity contribution in [2.75, 3.05) is 32.8 Å². The molecule has 126 valence electrons. The highest BCUT2D eigenvalue weighted by Gasteiger charge is 2.34. The van der Waals surface area contributed by atoms with Crippen molar-refractivity contribution in [3.8, 4) is 0 Å². The van der Waals surface area contributed by atoms with E-state index in [-0.39, 0.29) is 11.4 Å². The molecule has 2 atom stereocenters. The van der Waals surface area contributed by atoms with Gasteiger partial charge in [-0.2, -0.15) is 0 Å². The lowest BCUT2D eigenvalue weighted by atomic mass is 9.89. The molecule has 0 spiro atoms. The van der Waals surface area contributed by atoms with Crippen molar-refractivity contribution in [2.45, 2.75) is 63.6 Å². The van der Waals surface area contributed by atoms with Gasteiger partial charge in [0.15, 0.2) is 0 Å². The number of hydrogen-bond donors (Lipinski definition) is 2. The number of piperidine rings is 1. The van der Waals surface area contributed by atoms with Crippen molar-refractivity contribution in [3.63, 3.8) is 0 Å². The molecule has 0 aromatic heterocycles. The topological polar surface area (TPSA) is 53.6 Å². The minimum absolute atomic E-state index is 0.00654. The maximum absolute atomic E-state index is 12.3. The predicted octanol–water partition coefficient (Wildman–Crippen LogP) is 1.13. The summed E-state index contributed by atoms with van der Waals surface area (Å²) in [4.78, 5) is 14.7.